The minimum atomic E-state index is -4.39. The third-order valence-electron chi connectivity index (χ3n) is 2.58. The molecule has 0 aliphatic rings. The van der Waals surface area contributed by atoms with E-state index in [0.717, 1.165) is 6.42 Å². The molecule has 0 bridgehead atoms. The summed E-state index contributed by atoms with van der Waals surface area (Å²) in [4.78, 5) is 11.4. The van der Waals surface area contributed by atoms with E-state index in [2.05, 4.69) is 0 Å². The van der Waals surface area contributed by atoms with Crippen molar-refractivity contribution in [2.45, 2.75) is 53.1 Å². The first-order valence-electron chi connectivity index (χ1n) is 5.76. The lowest BCUT2D eigenvalue weighted by Gasteiger charge is -2.21. The number of hydrogen-bond donors (Lipinski definition) is 0. The summed E-state index contributed by atoms with van der Waals surface area (Å²) in [5.41, 5.74) is 0. The smallest absolute Gasteiger partial charge is 0.299 e. The SMILES string of the molecule is CC(C)CCC[C@H](C(=O)C(C)C)C(F)(F)F. The van der Waals surface area contributed by atoms with Crippen molar-refractivity contribution in [3.8, 4) is 0 Å². The molecular weight excluding hydrogens is 217 g/mol. The third kappa shape index (κ3) is 5.52. The van der Waals surface area contributed by atoms with Crippen molar-refractivity contribution in [1.82, 2.24) is 0 Å². The number of carbonyl (C=O) groups is 1. The third-order valence-corrected chi connectivity index (χ3v) is 2.58. The molecule has 96 valence electrons. The first-order valence-corrected chi connectivity index (χ1v) is 5.76. The summed E-state index contributed by atoms with van der Waals surface area (Å²) in [7, 11) is 0. The fraction of sp³-hybridized carbons (Fsp3) is 0.917. The first-order chi connectivity index (χ1) is 7.16. The van der Waals surface area contributed by atoms with Gasteiger partial charge in [0.15, 0.2) is 0 Å². The summed E-state index contributed by atoms with van der Waals surface area (Å²) < 4.78 is 37.9. The van der Waals surface area contributed by atoms with Crippen molar-refractivity contribution in [2.24, 2.45) is 17.8 Å². The zero-order valence-corrected chi connectivity index (χ0v) is 10.4. The molecule has 16 heavy (non-hydrogen) atoms. The summed E-state index contributed by atoms with van der Waals surface area (Å²) in [5, 5.41) is 0. The largest absolute Gasteiger partial charge is 0.398 e. The van der Waals surface area contributed by atoms with E-state index in [1.54, 1.807) is 0 Å². The van der Waals surface area contributed by atoms with Gasteiger partial charge in [-0.05, 0) is 12.3 Å². The monoisotopic (exact) mass is 238 g/mol. The Morgan fingerprint density at radius 2 is 1.56 bits per heavy atom. The Morgan fingerprint density at radius 3 is 1.88 bits per heavy atom. The average molecular weight is 238 g/mol. The number of alkyl halides is 3. The van der Waals surface area contributed by atoms with E-state index < -0.39 is 23.8 Å². The van der Waals surface area contributed by atoms with Gasteiger partial charge in [0.05, 0.1) is 0 Å². The number of rotatable bonds is 6. The molecule has 0 radical (unpaired) electrons. The highest BCUT2D eigenvalue weighted by Gasteiger charge is 2.44. The molecule has 0 aromatic carbocycles. The molecule has 4 heteroatoms. The summed E-state index contributed by atoms with van der Waals surface area (Å²) in [6.07, 6.45) is -3.27. The lowest BCUT2D eigenvalue weighted by molar-refractivity contribution is -0.184. The Morgan fingerprint density at radius 1 is 1.06 bits per heavy atom. The molecule has 0 fully saturated rings. The van der Waals surface area contributed by atoms with Gasteiger partial charge in [-0.3, -0.25) is 4.79 Å². The lowest BCUT2D eigenvalue weighted by Crippen LogP contribution is -2.33. The molecule has 0 heterocycles. The van der Waals surface area contributed by atoms with Crippen LogP contribution < -0.4 is 0 Å². The van der Waals surface area contributed by atoms with Crippen molar-refractivity contribution in [3.05, 3.63) is 0 Å². The number of ketones is 1. The van der Waals surface area contributed by atoms with Gasteiger partial charge in [0.25, 0.3) is 0 Å². The highest BCUT2D eigenvalue weighted by atomic mass is 19.4. The van der Waals surface area contributed by atoms with Crippen LogP contribution in [0.2, 0.25) is 0 Å². The average Bonchev–Trinajstić information content (AvgIpc) is 2.08. The van der Waals surface area contributed by atoms with Gasteiger partial charge in [0.2, 0.25) is 0 Å². The maximum Gasteiger partial charge on any atom is 0.398 e. The van der Waals surface area contributed by atoms with Crippen molar-refractivity contribution >= 4 is 5.78 Å². The maximum absolute atomic E-state index is 12.6. The first kappa shape index (κ1) is 15.5. The second-order valence-corrected chi connectivity index (χ2v) is 4.98. The second-order valence-electron chi connectivity index (χ2n) is 4.98. The fourth-order valence-corrected chi connectivity index (χ4v) is 1.60. The topological polar surface area (TPSA) is 17.1 Å². The second kappa shape index (κ2) is 6.26. The van der Waals surface area contributed by atoms with Crippen molar-refractivity contribution in [1.29, 1.82) is 0 Å². The van der Waals surface area contributed by atoms with E-state index in [9.17, 15) is 18.0 Å². The van der Waals surface area contributed by atoms with Crippen LogP contribution >= 0.6 is 0 Å². The molecular formula is C12H21F3O. The van der Waals surface area contributed by atoms with Gasteiger partial charge >= 0.3 is 6.18 Å². The Balaban J connectivity index is 4.40. The minimum Gasteiger partial charge on any atom is -0.299 e. The van der Waals surface area contributed by atoms with Gasteiger partial charge in [-0.2, -0.15) is 13.2 Å². The highest BCUT2D eigenvalue weighted by molar-refractivity contribution is 5.83. The standard InChI is InChI=1S/C12H21F3O/c1-8(2)6-5-7-10(12(13,14)15)11(16)9(3)4/h8-10H,5-7H2,1-4H3/t10-/m1/s1. The van der Waals surface area contributed by atoms with E-state index in [4.69, 9.17) is 0 Å². The van der Waals surface area contributed by atoms with E-state index in [0.29, 0.717) is 12.3 Å². The van der Waals surface area contributed by atoms with E-state index in [-0.39, 0.29) is 6.42 Å². The number of Topliss-reactive ketones (excluding diaryl/α,β-unsaturated/α-hetero) is 1. The molecule has 0 amide bonds. The predicted molar refractivity (Wildman–Crippen MR) is 58.1 cm³/mol. The molecule has 0 N–H and O–H groups in total. The maximum atomic E-state index is 12.6. The zero-order chi connectivity index (χ0) is 12.9. The number of hydrogen-bond acceptors (Lipinski definition) is 1. The van der Waals surface area contributed by atoms with Crippen LogP contribution in [0.3, 0.4) is 0 Å². The number of carbonyl (C=O) groups excluding carboxylic acids is 1. The van der Waals surface area contributed by atoms with Crippen LogP contribution in [-0.4, -0.2) is 12.0 Å². The summed E-state index contributed by atoms with van der Waals surface area (Å²) >= 11 is 0. The zero-order valence-electron chi connectivity index (χ0n) is 10.4. The van der Waals surface area contributed by atoms with Crippen LogP contribution in [0, 0.1) is 17.8 Å². The Kier molecular flexibility index (Phi) is 6.05. The van der Waals surface area contributed by atoms with Crippen LogP contribution in [0.1, 0.15) is 47.0 Å². The van der Waals surface area contributed by atoms with Crippen molar-refractivity contribution in [3.63, 3.8) is 0 Å². The van der Waals surface area contributed by atoms with Gasteiger partial charge in [0, 0.05) is 5.92 Å². The Hall–Kier alpha value is -0.540. The van der Waals surface area contributed by atoms with E-state index in [1.165, 1.54) is 13.8 Å². The van der Waals surface area contributed by atoms with Gasteiger partial charge in [0.1, 0.15) is 11.7 Å². The van der Waals surface area contributed by atoms with Crippen LogP contribution in [-0.2, 0) is 4.79 Å². The van der Waals surface area contributed by atoms with Crippen LogP contribution in [0.15, 0.2) is 0 Å². The summed E-state index contributed by atoms with van der Waals surface area (Å²) in [6, 6.07) is 0. The van der Waals surface area contributed by atoms with Gasteiger partial charge in [-0.15, -0.1) is 0 Å². The summed E-state index contributed by atoms with van der Waals surface area (Å²) in [5.74, 6) is -2.63. The minimum absolute atomic E-state index is 0.0707. The van der Waals surface area contributed by atoms with Crippen molar-refractivity contribution < 1.29 is 18.0 Å². The molecule has 0 aliphatic carbocycles. The Labute approximate surface area is 95.4 Å². The van der Waals surface area contributed by atoms with Crippen LogP contribution in [0.4, 0.5) is 13.2 Å². The molecule has 0 aromatic heterocycles. The molecule has 0 rings (SSSR count). The molecule has 0 saturated heterocycles. The lowest BCUT2D eigenvalue weighted by atomic mass is 9.89. The number of halogens is 3. The molecule has 1 nitrogen and oxygen atoms in total. The van der Waals surface area contributed by atoms with Crippen LogP contribution in [0.25, 0.3) is 0 Å². The quantitative estimate of drug-likeness (QED) is 0.677. The Bertz CT molecular complexity index is 219. The van der Waals surface area contributed by atoms with Gasteiger partial charge in [-0.25, -0.2) is 0 Å². The highest BCUT2D eigenvalue weighted by Crippen LogP contribution is 2.33. The molecule has 0 unspecified atom stereocenters. The summed E-state index contributed by atoms with van der Waals surface area (Å²) in [6.45, 7) is 6.97. The molecule has 0 aliphatic heterocycles. The van der Waals surface area contributed by atoms with E-state index >= 15 is 0 Å². The molecule has 0 spiro atoms. The molecule has 0 saturated carbocycles. The van der Waals surface area contributed by atoms with Gasteiger partial charge in [-0.1, -0.05) is 40.5 Å². The predicted octanol–water partition coefficient (Wildman–Crippen LogP) is 4.22. The molecule has 0 aromatic rings. The van der Waals surface area contributed by atoms with Gasteiger partial charge < -0.3 is 0 Å². The fourth-order valence-electron chi connectivity index (χ4n) is 1.60. The normalized spacial score (nSPS) is 14.6. The molecule has 1 atom stereocenters. The van der Waals surface area contributed by atoms with Crippen molar-refractivity contribution in [2.75, 3.05) is 0 Å². The van der Waals surface area contributed by atoms with Crippen LogP contribution in [0.5, 0.6) is 0 Å². The van der Waals surface area contributed by atoms with E-state index in [1.807, 2.05) is 13.8 Å².